The molecule has 0 aromatic heterocycles. The number of halogens is 2. The largest absolute Gasteiger partial charge is 0.497 e. The lowest BCUT2D eigenvalue weighted by Gasteiger charge is -2.17. The van der Waals surface area contributed by atoms with E-state index >= 15 is 0 Å². The zero-order valence-electron chi connectivity index (χ0n) is 18.6. The van der Waals surface area contributed by atoms with E-state index in [1.165, 1.54) is 0 Å². The number of ether oxygens (including phenoxy) is 1. The van der Waals surface area contributed by atoms with E-state index in [1.807, 2.05) is 24.3 Å². The van der Waals surface area contributed by atoms with Crippen molar-refractivity contribution in [3.63, 3.8) is 0 Å². The predicted octanol–water partition coefficient (Wildman–Crippen LogP) is 2.09. The Morgan fingerprint density at radius 3 is 2.55 bits per heavy atom. The van der Waals surface area contributed by atoms with Gasteiger partial charge in [-0.25, -0.2) is 0 Å². The monoisotopic (exact) mass is 495 g/mol. The van der Waals surface area contributed by atoms with Crippen LogP contribution in [0.4, 0.5) is 0 Å². The Kier molecular flexibility index (Phi) is 11.1. The van der Waals surface area contributed by atoms with E-state index in [4.69, 9.17) is 15.9 Å². The molecule has 3 rings (SSSR count). The Bertz CT molecular complexity index is 955. The molecule has 0 unspecified atom stereocenters. The van der Waals surface area contributed by atoms with Crippen LogP contribution in [-0.2, 0) is 16.1 Å². The molecule has 2 aromatic rings. The number of hydrogen-bond donors (Lipinski definition) is 5. The van der Waals surface area contributed by atoms with Crippen LogP contribution in [0.3, 0.4) is 0 Å². The average molecular weight is 496 g/mol. The fourth-order valence-corrected chi connectivity index (χ4v) is 3.61. The molecule has 1 fully saturated rings. The van der Waals surface area contributed by atoms with Crippen molar-refractivity contribution in [2.24, 2.45) is 5.73 Å². The van der Waals surface area contributed by atoms with Gasteiger partial charge in [-0.1, -0.05) is 36.4 Å². The molecule has 0 saturated carbocycles. The number of amidine groups is 1. The molecule has 1 aliphatic rings. The summed E-state index contributed by atoms with van der Waals surface area (Å²) in [4.78, 5) is 25.0. The Balaban J connectivity index is 0.00000272. The third-order valence-corrected chi connectivity index (χ3v) is 5.50. The number of nitrogen functional groups attached to an aromatic ring is 1. The fraction of sp³-hybridized carbons (Fsp3) is 0.348. The zero-order valence-corrected chi connectivity index (χ0v) is 20.2. The van der Waals surface area contributed by atoms with E-state index in [1.54, 1.807) is 38.3 Å². The summed E-state index contributed by atoms with van der Waals surface area (Å²) in [5.41, 5.74) is 8.09. The normalized spacial score (nSPS) is 17.6. The first-order chi connectivity index (χ1) is 14.9. The number of benzene rings is 2. The van der Waals surface area contributed by atoms with Gasteiger partial charge < -0.3 is 26.4 Å². The minimum atomic E-state index is -0.651. The minimum Gasteiger partial charge on any atom is -0.497 e. The summed E-state index contributed by atoms with van der Waals surface area (Å²) in [5.74, 6) is 0.575. The SMILES string of the molecule is COc1cccc([C@@H]2CN[C@@H](C(=O)N[C@@H](C)C(=O)NCc3ccc(C(=N)N)cc3)C2)c1.Cl.Cl. The highest BCUT2D eigenvalue weighted by atomic mass is 35.5. The molecule has 10 heteroatoms. The molecule has 8 nitrogen and oxygen atoms in total. The third-order valence-electron chi connectivity index (χ3n) is 5.50. The van der Waals surface area contributed by atoms with Crippen molar-refractivity contribution < 1.29 is 14.3 Å². The molecule has 0 aliphatic carbocycles. The number of amides is 2. The molecular formula is C23H31Cl2N5O3. The van der Waals surface area contributed by atoms with Crippen molar-refractivity contribution in [1.29, 1.82) is 5.41 Å². The van der Waals surface area contributed by atoms with Crippen LogP contribution in [0, 0.1) is 5.41 Å². The molecule has 0 radical (unpaired) electrons. The molecule has 1 heterocycles. The second-order valence-electron chi connectivity index (χ2n) is 7.73. The Hall–Kier alpha value is -2.81. The zero-order chi connectivity index (χ0) is 22.4. The van der Waals surface area contributed by atoms with Crippen molar-refractivity contribution >= 4 is 42.5 Å². The number of nitrogens with two attached hydrogens (primary N) is 1. The van der Waals surface area contributed by atoms with Crippen LogP contribution in [0.2, 0.25) is 0 Å². The number of nitrogens with one attached hydrogen (secondary N) is 4. The van der Waals surface area contributed by atoms with Crippen LogP contribution >= 0.6 is 24.8 Å². The lowest BCUT2D eigenvalue weighted by molar-refractivity contribution is -0.129. The van der Waals surface area contributed by atoms with Crippen LogP contribution in [0.15, 0.2) is 48.5 Å². The molecule has 6 N–H and O–H groups in total. The Labute approximate surface area is 206 Å². The molecule has 1 aliphatic heterocycles. The van der Waals surface area contributed by atoms with Crippen molar-refractivity contribution in [2.75, 3.05) is 13.7 Å². The third kappa shape index (κ3) is 7.63. The summed E-state index contributed by atoms with van der Waals surface area (Å²) in [6.45, 7) is 2.69. The summed E-state index contributed by atoms with van der Waals surface area (Å²) in [6.07, 6.45) is 0.663. The number of hydrogen-bond acceptors (Lipinski definition) is 5. The van der Waals surface area contributed by atoms with Gasteiger partial charge in [0, 0.05) is 18.7 Å². The number of methoxy groups -OCH3 is 1. The molecule has 0 bridgehead atoms. The van der Waals surface area contributed by atoms with Crippen LogP contribution < -0.4 is 26.4 Å². The first-order valence-corrected chi connectivity index (χ1v) is 10.3. The van der Waals surface area contributed by atoms with E-state index in [2.05, 4.69) is 16.0 Å². The summed E-state index contributed by atoms with van der Waals surface area (Å²) in [7, 11) is 1.63. The van der Waals surface area contributed by atoms with Gasteiger partial charge in [0.15, 0.2) is 0 Å². The Morgan fingerprint density at radius 2 is 1.91 bits per heavy atom. The van der Waals surface area contributed by atoms with Gasteiger partial charge in [-0.15, -0.1) is 24.8 Å². The Morgan fingerprint density at radius 1 is 1.21 bits per heavy atom. The maximum Gasteiger partial charge on any atom is 0.242 e. The quantitative estimate of drug-likeness (QED) is 0.282. The second-order valence-corrected chi connectivity index (χ2v) is 7.73. The fourth-order valence-electron chi connectivity index (χ4n) is 3.61. The second kappa shape index (κ2) is 13.0. The van der Waals surface area contributed by atoms with Gasteiger partial charge in [0.25, 0.3) is 0 Å². The van der Waals surface area contributed by atoms with Crippen molar-refractivity contribution in [2.45, 2.75) is 37.9 Å². The van der Waals surface area contributed by atoms with Gasteiger partial charge in [-0.05, 0) is 42.5 Å². The topological polar surface area (TPSA) is 129 Å². The molecule has 2 amide bonds. The van der Waals surface area contributed by atoms with E-state index < -0.39 is 6.04 Å². The minimum absolute atomic E-state index is 0. The molecule has 180 valence electrons. The summed E-state index contributed by atoms with van der Waals surface area (Å²) in [6, 6.07) is 14.0. The smallest absolute Gasteiger partial charge is 0.242 e. The lowest BCUT2D eigenvalue weighted by Crippen LogP contribution is -2.49. The van der Waals surface area contributed by atoms with Crippen molar-refractivity contribution in [3.8, 4) is 5.75 Å². The van der Waals surface area contributed by atoms with Gasteiger partial charge in [0.05, 0.1) is 13.2 Å². The van der Waals surface area contributed by atoms with Crippen LogP contribution in [0.1, 0.15) is 36.0 Å². The molecular weight excluding hydrogens is 465 g/mol. The van der Waals surface area contributed by atoms with Crippen LogP contribution in [0.25, 0.3) is 0 Å². The molecule has 2 aromatic carbocycles. The van der Waals surface area contributed by atoms with Crippen molar-refractivity contribution in [3.05, 3.63) is 65.2 Å². The number of rotatable bonds is 8. The standard InChI is InChI=1S/C23H29N5O3.2ClH/c1-14(22(29)27-12-15-6-8-16(9-7-15)21(24)25)28-23(30)20-11-18(13-26-20)17-4-3-5-19(10-17)31-2;;/h3-10,14,18,20,26H,11-13H2,1-2H3,(H3,24,25)(H,27,29)(H,28,30);2*1H/t14-,18-,20+;;/m0../s1. The average Bonchev–Trinajstić information content (AvgIpc) is 3.28. The number of carbonyl (C=O) groups excluding carboxylic acids is 2. The first kappa shape index (κ1) is 28.2. The molecule has 33 heavy (non-hydrogen) atoms. The van der Waals surface area contributed by atoms with Gasteiger partial charge in [0.1, 0.15) is 17.6 Å². The highest BCUT2D eigenvalue weighted by Gasteiger charge is 2.31. The van der Waals surface area contributed by atoms with Gasteiger partial charge in [-0.3, -0.25) is 15.0 Å². The highest BCUT2D eigenvalue weighted by molar-refractivity contribution is 5.95. The van der Waals surface area contributed by atoms with Gasteiger partial charge in [0.2, 0.25) is 11.8 Å². The maximum absolute atomic E-state index is 12.6. The first-order valence-electron chi connectivity index (χ1n) is 10.3. The van der Waals surface area contributed by atoms with E-state index in [9.17, 15) is 9.59 Å². The predicted molar refractivity (Wildman–Crippen MR) is 134 cm³/mol. The lowest BCUT2D eigenvalue weighted by atomic mass is 9.96. The van der Waals surface area contributed by atoms with E-state index in [0.717, 1.165) is 16.9 Å². The number of carbonyl (C=O) groups is 2. The maximum atomic E-state index is 12.6. The van der Waals surface area contributed by atoms with E-state index in [0.29, 0.717) is 25.1 Å². The summed E-state index contributed by atoms with van der Waals surface area (Å²) >= 11 is 0. The van der Waals surface area contributed by atoms with Crippen LogP contribution in [-0.4, -0.2) is 43.4 Å². The molecule has 3 atom stereocenters. The molecule has 0 spiro atoms. The highest BCUT2D eigenvalue weighted by Crippen LogP contribution is 2.28. The molecule has 1 saturated heterocycles. The van der Waals surface area contributed by atoms with Crippen molar-refractivity contribution in [1.82, 2.24) is 16.0 Å². The van der Waals surface area contributed by atoms with E-state index in [-0.39, 0.29) is 54.4 Å². The summed E-state index contributed by atoms with van der Waals surface area (Å²) in [5, 5.41) is 16.3. The summed E-state index contributed by atoms with van der Waals surface area (Å²) < 4.78 is 5.28. The van der Waals surface area contributed by atoms with Crippen LogP contribution in [0.5, 0.6) is 5.75 Å². The van der Waals surface area contributed by atoms with Gasteiger partial charge in [-0.2, -0.15) is 0 Å². The van der Waals surface area contributed by atoms with Gasteiger partial charge >= 0.3 is 0 Å².